The van der Waals surface area contributed by atoms with Gasteiger partial charge in [0.25, 0.3) is 0 Å². The lowest BCUT2D eigenvalue weighted by Crippen LogP contribution is -2.42. The fraction of sp³-hybridized carbons (Fsp3) is 1.00. The molecule has 84 valence electrons. The summed E-state index contributed by atoms with van der Waals surface area (Å²) >= 11 is 0. The molecule has 1 aliphatic rings. The van der Waals surface area contributed by atoms with Gasteiger partial charge in [0, 0.05) is 6.61 Å². The van der Waals surface area contributed by atoms with Gasteiger partial charge < -0.3 is 9.84 Å². The minimum Gasteiger partial charge on any atom is -0.387 e. The van der Waals surface area contributed by atoms with Gasteiger partial charge in [-0.15, -0.1) is 0 Å². The van der Waals surface area contributed by atoms with E-state index in [4.69, 9.17) is 4.74 Å². The number of aliphatic hydroxyl groups is 1. The van der Waals surface area contributed by atoms with Gasteiger partial charge in [-0.25, -0.2) is 0 Å². The van der Waals surface area contributed by atoms with Crippen molar-refractivity contribution in [2.75, 3.05) is 13.2 Å². The monoisotopic (exact) mass is 200 g/mol. The van der Waals surface area contributed by atoms with Crippen LogP contribution in [0.1, 0.15) is 46.5 Å². The minimum absolute atomic E-state index is 0.523. The molecule has 1 fully saturated rings. The summed E-state index contributed by atoms with van der Waals surface area (Å²) in [5.74, 6) is 1.27. The van der Waals surface area contributed by atoms with Crippen LogP contribution in [-0.2, 0) is 4.74 Å². The molecule has 1 aliphatic carbocycles. The fourth-order valence-electron chi connectivity index (χ4n) is 2.76. The Hall–Kier alpha value is -0.0800. The van der Waals surface area contributed by atoms with Gasteiger partial charge in [-0.2, -0.15) is 0 Å². The predicted octanol–water partition coefficient (Wildman–Crippen LogP) is 2.60. The van der Waals surface area contributed by atoms with Gasteiger partial charge in [0.05, 0.1) is 12.2 Å². The quantitative estimate of drug-likeness (QED) is 0.707. The number of hydrogen-bond donors (Lipinski definition) is 1. The Morgan fingerprint density at radius 2 is 1.86 bits per heavy atom. The van der Waals surface area contributed by atoms with Crippen LogP contribution >= 0.6 is 0 Å². The molecule has 0 radical (unpaired) electrons. The molecule has 0 heterocycles. The van der Waals surface area contributed by atoms with E-state index in [1.54, 1.807) is 0 Å². The first-order valence-corrected chi connectivity index (χ1v) is 5.86. The van der Waals surface area contributed by atoms with E-state index in [2.05, 4.69) is 20.8 Å². The molecule has 1 rings (SSSR count). The summed E-state index contributed by atoms with van der Waals surface area (Å²) in [6.45, 7) is 7.83. The number of hydrogen-bond acceptors (Lipinski definition) is 2. The maximum absolute atomic E-state index is 10.3. The molecule has 0 aromatic heterocycles. The van der Waals surface area contributed by atoms with Gasteiger partial charge in [-0.05, 0) is 37.5 Å². The van der Waals surface area contributed by atoms with Crippen molar-refractivity contribution in [2.24, 2.45) is 11.8 Å². The molecule has 2 nitrogen and oxygen atoms in total. The van der Waals surface area contributed by atoms with E-state index in [1.807, 2.05) is 0 Å². The third-order valence-electron chi connectivity index (χ3n) is 2.98. The van der Waals surface area contributed by atoms with Crippen molar-refractivity contribution in [3.63, 3.8) is 0 Å². The molecule has 0 spiro atoms. The van der Waals surface area contributed by atoms with Crippen molar-refractivity contribution >= 4 is 0 Å². The van der Waals surface area contributed by atoms with E-state index in [9.17, 15) is 5.11 Å². The maximum Gasteiger partial charge on any atom is 0.0885 e. The standard InChI is InChI=1S/C12H24O2/c1-4-5-14-9-12(13)7-10(2)6-11(3)8-12/h10-11,13H,4-9H2,1-3H3. The zero-order valence-electron chi connectivity index (χ0n) is 9.75. The summed E-state index contributed by atoms with van der Waals surface area (Å²) in [4.78, 5) is 0. The molecule has 0 bridgehead atoms. The van der Waals surface area contributed by atoms with E-state index in [-0.39, 0.29) is 0 Å². The van der Waals surface area contributed by atoms with Gasteiger partial charge in [-0.3, -0.25) is 0 Å². The summed E-state index contributed by atoms with van der Waals surface area (Å²) in [5, 5.41) is 10.3. The Bertz CT molecular complexity index is 158. The largest absolute Gasteiger partial charge is 0.387 e. The van der Waals surface area contributed by atoms with Gasteiger partial charge in [-0.1, -0.05) is 20.8 Å². The van der Waals surface area contributed by atoms with Crippen molar-refractivity contribution in [3.05, 3.63) is 0 Å². The van der Waals surface area contributed by atoms with Crippen LogP contribution in [0.2, 0.25) is 0 Å². The average Bonchev–Trinajstić information content (AvgIpc) is 2.01. The Morgan fingerprint density at radius 1 is 1.29 bits per heavy atom. The smallest absolute Gasteiger partial charge is 0.0885 e. The highest BCUT2D eigenvalue weighted by Crippen LogP contribution is 2.35. The van der Waals surface area contributed by atoms with Crippen molar-refractivity contribution < 1.29 is 9.84 Å². The zero-order chi connectivity index (χ0) is 10.6. The van der Waals surface area contributed by atoms with Crippen molar-refractivity contribution in [1.82, 2.24) is 0 Å². The predicted molar refractivity (Wildman–Crippen MR) is 58.2 cm³/mol. The van der Waals surface area contributed by atoms with Crippen LogP contribution in [0.25, 0.3) is 0 Å². The SMILES string of the molecule is CCCOCC1(O)CC(C)CC(C)C1. The first-order valence-electron chi connectivity index (χ1n) is 5.86. The normalized spacial score (nSPS) is 38.6. The summed E-state index contributed by atoms with van der Waals surface area (Å²) < 4.78 is 5.47. The van der Waals surface area contributed by atoms with E-state index in [0.29, 0.717) is 18.4 Å². The molecule has 2 heteroatoms. The first kappa shape index (κ1) is 12.0. The molecule has 14 heavy (non-hydrogen) atoms. The maximum atomic E-state index is 10.3. The topological polar surface area (TPSA) is 29.5 Å². The van der Waals surface area contributed by atoms with Gasteiger partial charge in [0.15, 0.2) is 0 Å². The molecular formula is C12H24O2. The van der Waals surface area contributed by atoms with Crippen molar-refractivity contribution in [1.29, 1.82) is 0 Å². The van der Waals surface area contributed by atoms with Gasteiger partial charge >= 0.3 is 0 Å². The summed E-state index contributed by atoms with van der Waals surface area (Å²) in [6.07, 6.45) is 4.08. The fourth-order valence-corrected chi connectivity index (χ4v) is 2.76. The molecule has 0 amide bonds. The van der Waals surface area contributed by atoms with E-state index < -0.39 is 5.60 Å². The second-order valence-electron chi connectivity index (χ2n) is 5.13. The first-order chi connectivity index (χ1) is 6.56. The minimum atomic E-state index is -0.549. The molecule has 2 unspecified atom stereocenters. The molecule has 0 aliphatic heterocycles. The van der Waals surface area contributed by atoms with Crippen LogP contribution in [0.15, 0.2) is 0 Å². The van der Waals surface area contributed by atoms with Crippen LogP contribution in [0.3, 0.4) is 0 Å². The molecule has 0 aromatic carbocycles. The van der Waals surface area contributed by atoms with Crippen LogP contribution in [0.4, 0.5) is 0 Å². The second kappa shape index (κ2) is 5.13. The van der Waals surface area contributed by atoms with Crippen LogP contribution < -0.4 is 0 Å². The Kier molecular flexibility index (Phi) is 4.39. The molecule has 0 aromatic rings. The van der Waals surface area contributed by atoms with Crippen LogP contribution in [0, 0.1) is 11.8 Å². The third-order valence-corrected chi connectivity index (χ3v) is 2.98. The number of ether oxygens (including phenoxy) is 1. The van der Waals surface area contributed by atoms with Crippen LogP contribution in [-0.4, -0.2) is 23.9 Å². The Morgan fingerprint density at radius 3 is 2.36 bits per heavy atom. The Labute approximate surface area is 87.7 Å². The molecule has 1 N–H and O–H groups in total. The molecule has 2 atom stereocenters. The van der Waals surface area contributed by atoms with Crippen molar-refractivity contribution in [2.45, 2.75) is 52.1 Å². The summed E-state index contributed by atoms with van der Waals surface area (Å²) in [5.41, 5.74) is -0.549. The summed E-state index contributed by atoms with van der Waals surface area (Å²) in [6, 6.07) is 0. The summed E-state index contributed by atoms with van der Waals surface area (Å²) in [7, 11) is 0. The Balaban J connectivity index is 2.38. The van der Waals surface area contributed by atoms with E-state index in [0.717, 1.165) is 25.9 Å². The van der Waals surface area contributed by atoms with Gasteiger partial charge in [0.1, 0.15) is 0 Å². The highest BCUT2D eigenvalue weighted by atomic mass is 16.5. The molecule has 1 saturated carbocycles. The third kappa shape index (κ3) is 3.58. The molecule has 0 saturated heterocycles. The zero-order valence-corrected chi connectivity index (χ0v) is 9.75. The lowest BCUT2D eigenvalue weighted by atomic mass is 9.74. The van der Waals surface area contributed by atoms with E-state index in [1.165, 1.54) is 6.42 Å². The highest BCUT2D eigenvalue weighted by Gasteiger charge is 2.35. The number of rotatable bonds is 4. The highest BCUT2D eigenvalue weighted by molar-refractivity contribution is 4.87. The second-order valence-corrected chi connectivity index (χ2v) is 5.13. The van der Waals surface area contributed by atoms with E-state index >= 15 is 0 Å². The molecular weight excluding hydrogens is 176 g/mol. The average molecular weight is 200 g/mol. The van der Waals surface area contributed by atoms with Crippen LogP contribution in [0.5, 0.6) is 0 Å². The lowest BCUT2D eigenvalue weighted by Gasteiger charge is -2.38. The van der Waals surface area contributed by atoms with Gasteiger partial charge in [0.2, 0.25) is 0 Å². The lowest BCUT2D eigenvalue weighted by molar-refractivity contribution is -0.0899. The van der Waals surface area contributed by atoms with Crippen molar-refractivity contribution in [3.8, 4) is 0 Å².